The van der Waals surface area contributed by atoms with Crippen molar-refractivity contribution >= 4 is 6.29 Å². The lowest BCUT2D eigenvalue weighted by Crippen LogP contribution is -2.17. The number of aldehydes is 1. The molecule has 11 heavy (non-hydrogen) atoms. The molecule has 1 fully saturated rings. The van der Waals surface area contributed by atoms with E-state index in [0.717, 1.165) is 19.3 Å². The Kier molecular flexibility index (Phi) is 3.10. The van der Waals surface area contributed by atoms with Crippen LogP contribution in [0.25, 0.3) is 0 Å². The van der Waals surface area contributed by atoms with Gasteiger partial charge in [-0.05, 0) is 19.3 Å². The van der Waals surface area contributed by atoms with E-state index in [2.05, 4.69) is 6.92 Å². The molecule has 0 atom stereocenters. The Bertz CT molecular complexity index is 123. The second-order valence-electron chi connectivity index (χ2n) is 3.79. The maximum Gasteiger partial charge on any atom is 0.126 e. The summed E-state index contributed by atoms with van der Waals surface area (Å²) in [6.07, 6.45) is 9.62. The van der Waals surface area contributed by atoms with Crippen LogP contribution < -0.4 is 0 Å². The van der Waals surface area contributed by atoms with E-state index in [-0.39, 0.29) is 5.41 Å². The Labute approximate surface area is 69.2 Å². The summed E-state index contributed by atoms with van der Waals surface area (Å²) in [7, 11) is 0. The van der Waals surface area contributed by atoms with E-state index >= 15 is 0 Å². The Morgan fingerprint density at radius 2 is 2.00 bits per heavy atom. The highest BCUT2D eigenvalue weighted by atomic mass is 16.1. The van der Waals surface area contributed by atoms with Gasteiger partial charge in [0.2, 0.25) is 0 Å². The number of rotatable bonds is 4. The molecule has 1 aliphatic carbocycles. The van der Waals surface area contributed by atoms with Gasteiger partial charge < -0.3 is 4.79 Å². The molecule has 1 rings (SSSR count). The topological polar surface area (TPSA) is 17.1 Å². The van der Waals surface area contributed by atoms with Gasteiger partial charge in [0.15, 0.2) is 0 Å². The number of unbranched alkanes of at least 4 members (excludes halogenated alkanes) is 1. The van der Waals surface area contributed by atoms with Crippen LogP contribution in [0.1, 0.15) is 51.9 Å². The van der Waals surface area contributed by atoms with Gasteiger partial charge in [-0.15, -0.1) is 0 Å². The van der Waals surface area contributed by atoms with Gasteiger partial charge in [-0.25, -0.2) is 0 Å². The third kappa shape index (κ3) is 2.05. The SMILES string of the molecule is CCCCC1(C=O)CCCC1. The zero-order valence-electron chi connectivity index (χ0n) is 7.44. The zero-order chi connectivity index (χ0) is 8.16. The molecule has 0 aliphatic heterocycles. The standard InChI is InChI=1S/C10H18O/c1-2-3-6-10(9-11)7-4-5-8-10/h9H,2-8H2,1H3. The summed E-state index contributed by atoms with van der Waals surface area (Å²) in [5.74, 6) is 0. The highest BCUT2D eigenvalue weighted by Gasteiger charge is 2.32. The molecule has 0 amide bonds. The summed E-state index contributed by atoms with van der Waals surface area (Å²) >= 11 is 0. The molecule has 64 valence electrons. The van der Waals surface area contributed by atoms with Crippen LogP contribution in [0, 0.1) is 5.41 Å². The summed E-state index contributed by atoms with van der Waals surface area (Å²) in [6.45, 7) is 2.19. The second-order valence-corrected chi connectivity index (χ2v) is 3.79. The average Bonchev–Trinajstić information content (AvgIpc) is 2.50. The molecule has 0 radical (unpaired) electrons. The third-order valence-corrected chi connectivity index (χ3v) is 2.88. The van der Waals surface area contributed by atoms with Gasteiger partial charge in [0.1, 0.15) is 6.29 Å². The zero-order valence-corrected chi connectivity index (χ0v) is 7.44. The van der Waals surface area contributed by atoms with Crippen LogP contribution in [-0.4, -0.2) is 6.29 Å². The summed E-state index contributed by atoms with van der Waals surface area (Å²) in [5.41, 5.74) is 0.107. The van der Waals surface area contributed by atoms with Gasteiger partial charge >= 0.3 is 0 Å². The summed E-state index contributed by atoms with van der Waals surface area (Å²) in [6, 6.07) is 0. The molecule has 0 N–H and O–H groups in total. The van der Waals surface area contributed by atoms with Gasteiger partial charge in [-0.2, -0.15) is 0 Å². The van der Waals surface area contributed by atoms with Crippen molar-refractivity contribution < 1.29 is 4.79 Å². The molecule has 1 aliphatic rings. The largest absolute Gasteiger partial charge is 0.303 e. The van der Waals surface area contributed by atoms with Gasteiger partial charge in [0, 0.05) is 5.41 Å². The number of carbonyl (C=O) groups excluding carboxylic acids is 1. The number of carbonyl (C=O) groups is 1. The van der Waals surface area contributed by atoms with Crippen LogP contribution in [0.15, 0.2) is 0 Å². The monoisotopic (exact) mass is 154 g/mol. The molecule has 0 heterocycles. The van der Waals surface area contributed by atoms with Crippen LogP contribution >= 0.6 is 0 Å². The first-order valence-electron chi connectivity index (χ1n) is 4.79. The van der Waals surface area contributed by atoms with Crippen LogP contribution in [0.2, 0.25) is 0 Å². The smallest absolute Gasteiger partial charge is 0.126 e. The van der Waals surface area contributed by atoms with Crippen molar-refractivity contribution in [3.05, 3.63) is 0 Å². The molecule has 1 nitrogen and oxygen atoms in total. The molecule has 0 spiro atoms. The van der Waals surface area contributed by atoms with Crippen molar-refractivity contribution in [2.75, 3.05) is 0 Å². The minimum Gasteiger partial charge on any atom is -0.303 e. The number of hydrogen-bond acceptors (Lipinski definition) is 1. The van der Waals surface area contributed by atoms with Gasteiger partial charge in [0.25, 0.3) is 0 Å². The third-order valence-electron chi connectivity index (χ3n) is 2.88. The van der Waals surface area contributed by atoms with Gasteiger partial charge in [-0.3, -0.25) is 0 Å². The predicted molar refractivity (Wildman–Crippen MR) is 46.5 cm³/mol. The first kappa shape index (κ1) is 8.76. The first-order chi connectivity index (χ1) is 5.33. The maximum absolute atomic E-state index is 10.8. The number of hydrogen-bond donors (Lipinski definition) is 0. The van der Waals surface area contributed by atoms with Crippen LogP contribution in [0.4, 0.5) is 0 Å². The molecule has 0 aromatic heterocycles. The Hall–Kier alpha value is -0.330. The highest BCUT2D eigenvalue weighted by Crippen LogP contribution is 2.40. The minimum absolute atomic E-state index is 0.107. The minimum atomic E-state index is 0.107. The average molecular weight is 154 g/mol. The molecule has 0 bridgehead atoms. The fourth-order valence-electron chi connectivity index (χ4n) is 2.03. The molecule has 0 aromatic carbocycles. The molecule has 1 heteroatoms. The summed E-state index contributed by atoms with van der Waals surface area (Å²) in [4.78, 5) is 10.8. The van der Waals surface area contributed by atoms with E-state index in [1.807, 2.05) is 0 Å². The molecule has 0 unspecified atom stereocenters. The van der Waals surface area contributed by atoms with Crippen molar-refractivity contribution in [2.45, 2.75) is 51.9 Å². The lowest BCUT2D eigenvalue weighted by Gasteiger charge is -2.20. The van der Waals surface area contributed by atoms with Gasteiger partial charge in [-0.1, -0.05) is 32.6 Å². The summed E-state index contributed by atoms with van der Waals surface area (Å²) in [5, 5.41) is 0. The maximum atomic E-state index is 10.8. The molecular weight excluding hydrogens is 136 g/mol. The van der Waals surface area contributed by atoms with Crippen molar-refractivity contribution in [2.24, 2.45) is 5.41 Å². The molecular formula is C10H18O. The highest BCUT2D eigenvalue weighted by molar-refractivity contribution is 5.59. The fraction of sp³-hybridized carbons (Fsp3) is 0.900. The van der Waals surface area contributed by atoms with Crippen LogP contribution in [-0.2, 0) is 4.79 Å². The van der Waals surface area contributed by atoms with Gasteiger partial charge in [0.05, 0.1) is 0 Å². The van der Waals surface area contributed by atoms with Crippen molar-refractivity contribution in [1.29, 1.82) is 0 Å². The van der Waals surface area contributed by atoms with E-state index < -0.39 is 0 Å². The fourth-order valence-corrected chi connectivity index (χ4v) is 2.03. The summed E-state index contributed by atoms with van der Waals surface area (Å²) < 4.78 is 0. The second kappa shape index (κ2) is 3.89. The quantitative estimate of drug-likeness (QED) is 0.569. The Balaban J connectivity index is 2.39. The lowest BCUT2D eigenvalue weighted by molar-refractivity contribution is -0.116. The van der Waals surface area contributed by atoms with E-state index in [1.54, 1.807) is 0 Å². The normalized spacial score (nSPS) is 21.9. The van der Waals surface area contributed by atoms with Crippen LogP contribution in [0.5, 0.6) is 0 Å². The molecule has 1 saturated carbocycles. The van der Waals surface area contributed by atoms with Crippen LogP contribution in [0.3, 0.4) is 0 Å². The lowest BCUT2D eigenvalue weighted by atomic mass is 9.83. The van der Waals surface area contributed by atoms with E-state index in [1.165, 1.54) is 32.0 Å². The Morgan fingerprint density at radius 3 is 2.45 bits per heavy atom. The van der Waals surface area contributed by atoms with E-state index in [0.29, 0.717) is 0 Å². The van der Waals surface area contributed by atoms with Crippen molar-refractivity contribution in [3.63, 3.8) is 0 Å². The van der Waals surface area contributed by atoms with E-state index in [9.17, 15) is 4.79 Å². The Morgan fingerprint density at radius 1 is 1.36 bits per heavy atom. The van der Waals surface area contributed by atoms with Crippen molar-refractivity contribution in [3.8, 4) is 0 Å². The van der Waals surface area contributed by atoms with Crippen molar-refractivity contribution in [1.82, 2.24) is 0 Å². The first-order valence-corrected chi connectivity index (χ1v) is 4.79. The molecule has 0 saturated heterocycles. The predicted octanol–water partition coefficient (Wildman–Crippen LogP) is 2.94. The van der Waals surface area contributed by atoms with E-state index in [4.69, 9.17) is 0 Å². The molecule has 0 aromatic rings.